The van der Waals surface area contributed by atoms with Crippen LogP contribution in [0.3, 0.4) is 0 Å². The summed E-state index contributed by atoms with van der Waals surface area (Å²) in [6, 6.07) is 0. The second-order valence-corrected chi connectivity index (χ2v) is 3.23. The Morgan fingerprint density at radius 3 is 2.67 bits per heavy atom. The zero-order valence-electron chi connectivity index (χ0n) is 8.81. The zero-order chi connectivity index (χ0) is 10.7. The van der Waals surface area contributed by atoms with Gasteiger partial charge >= 0.3 is 0 Å². The number of rotatable bonds is 3. The summed E-state index contributed by atoms with van der Waals surface area (Å²) >= 11 is 0. The van der Waals surface area contributed by atoms with Crippen molar-refractivity contribution in [2.45, 2.75) is 6.42 Å². The van der Waals surface area contributed by atoms with E-state index < -0.39 is 0 Å². The molecule has 5 nitrogen and oxygen atoms in total. The Labute approximate surface area is 88.2 Å². The Hall–Kier alpha value is -1.91. The predicted molar refractivity (Wildman–Crippen MR) is 57.6 cm³/mol. The van der Waals surface area contributed by atoms with Crippen LogP contribution in [0.4, 0.5) is 5.82 Å². The Morgan fingerprint density at radius 2 is 2.00 bits per heavy atom. The average Bonchev–Trinajstić information content (AvgIpc) is 2.65. The molecule has 0 amide bonds. The van der Waals surface area contributed by atoms with Crippen LogP contribution in [0.5, 0.6) is 0 Å². The first-order valence-electron chi connectivity index (χ1n) is 4.75. The minimum absolute atomic E-state index is 0.688. The summed E-state index contributed by atoms with van der Waals surface area (Å²) in [4.78, 5) is 12.7. The summed E-state index contributed by atoms with van der Waals surface area (Å²) in [6.45, 7) is 0. The number of aromatic nitrogens is 4. The molecule has 0 radical (unpaired) electrons. The van der Waals surface area contributed by atoms with Crippen LogP contribution in [0.2, 0.25) is 0 Å². The fourth-order valence-corrected chi connectivity index (χ4v) is 1.42. The lowest BCUT2D eigenvalue weighted by Gasteiger charge is -2.06. The van der Waals surface area contributed by atoms with Crippen molar-refractivity contribution in [3.63, 3.8) is 0 Å². The van der Waals surface area contributed by atoms with Crippen LogP contribution < -0.4 is 5.32 Å². The molecule has 5 heteroatoms. The first-order valence-corrected chi connectivity index (χ1v) is 4.75. The van der Waals surface area contributed by atoms with Gasteiger partial charge in [0.1, 0.15) is 11.6 Å². The third-order valence-corrected chi connectivity index (χ3v) is 2.26. The molecule has 1 N–H and O–H groups in total. The predicted octanol–water partition coefficient (Wildman–Crippen LogP) is 0.843. The van der Waals surface area contributed by atoms with E-state index in [0.717, 1.165) is 17.3 Å². The topological polar surface area (TPSA) is 55.6 Å². The fourth-order valence-electron chi connectivity index (χ4n) is 1.42. The molecular formula is C10H13N5. The van der Waals surface area contributed by atoms with Gasteiger partial charge in [-0.15, -0.1) is 0 Å². The van der Waals surface area contributed by atoms with Gasteiger partial charge < -0.3 is 9.88 Å². The van der Waals surface area contributed by atoms with E-state index in [2.05, 4.69) is 20.3 Å². The Kier molecular flexibility index (Phi) is 2.62. The number of anilines is 1. The fraction of sp³-hybridized carbons (Fsp3) is 0.300. The van der Waals surface area contributed by atoms with Crippen molar-refractivity contribution in [2.24, 2.45) is 7.05 Å². The van der Waals surface area contributed by atoms with Gasteiger partial charge in [0.05, 0.1) is 12.1 Å². The highest BCUT2D eigenvalue weighted by Gasteiger charge is 2.07. The van der Waals surface area contributed by atoms with Crippen LogP contribution in [0.25, 0.3) is 0 Å². The number of nitrogens with zero attached hydrogens (tertiary/aromatic N) is 4. The maximum Gasteiger partial charge on any atom is 0.147 e. The largest absolute Gasteiger partial charge is 0.372 e. The zero-order valence-corrected chi connectivity index (χ0v) is 8.81. The van der Waals surface area contributed by atoms with E-state index in [1.807, 2.05) is 24.9 Å². The van der Waals surface area contributed by atoms with Gasteiger partial charge in [-0.25, -0.2) is 9.97 Å². The average molecular weight is 203 g/mol. The van der Waals surface area contributed by atoms with Gasteiger partial charge in [0, 0.05) is 38.9 Å². The quantitative estimate of drug-likeness (QED) is 0.803. The number of hydrogen-bond acceptors (Lipinski definition) is 4. The molecule has 0 spiro atoms. The molecule has 2 heterocycles. The lowest BCUT2D eigenvalue weighted by Crippen LogP contribution is -2.05. The maximum atomic E-state index is 4.29. The number of imidazole rings is 1. The third-order valence-electron chi connectivity index (χ3n) is 2.26. The van der Waals surface area contributed by atoms with Gasteiger partial charge in [0.2, 0.25) is 0 Å². The molecule has 0 fully saturated rings. The van der Waals surface area contributed by atoms with Crippen LogP contribution >= 0.6 is 0 Å². The molecule has 2 aromatic heterocycles. The molecule has 0 aliphatic carbocycles. The second-order valence-electron chi connectivity index (χ2n) is 3.23. The van der Waals surface area contributed by atoms with E-state index in [1.165, 1.54) is 0 Å². The van der Waals surface area contributed by atoms with Gasteiger partial charge in [-0.2, -0.15) is 0 Å². The van der Waals surface area contributed by atoms with Gasteiger partial charge in [-0.05, 0) is 0 Å². The minimum atomic E-state index is 0.688. The molecule has 78 valence electrons. The molecule has 0 aliphatic heterocycles. The summed E-state index contributed by atoms with van der Waals surface area (Å²) in [5.41, 5.74) is 0.911. The maximum absolute atomic E-state index is 4.29. The third kappa shape index (κ3) is 1.96. The van der Waals surface area contributed by atoms with Crippen molar-refractivity contribution in [1.82, 2.24) is 19.5 Å². The van der Waals surface area contributed by atoms with Gasteiger partial charge in [-0.3, -0.25) is 4.98 Å². The molecular weight excluding hydrogens is 190 g/mol. The van der Waals surface area contributed by atoms with Crippen LogP contribution in [-0.2, 0) is 13.5 Å². The molecule has 0 bridgehead atoms. The molecule has 15 heavy (non-hydrogen) atoms. The van der Waals surface area contributed by atoms with E-state index in [4.69, 9.17) is 0 Å². The summed E-state index contributed by atoms with van der Waals surface area (Å²) in [5, 5.41) is 3.02. The van der Waals surface area contributed by atoms with E-state index in [1.54, 1.807) is 18.6 Å². The summed E-state index contributed by atoms with van der Waals surface area (Å²) < 4.78 is 1.98. The highest BCUT2D eigenvalue weighted by molar-refractivity contribution is 5.39. The van der Waals surface area contributed by atoms with Crippen molar-refractivity contribution in [3.05, 3.63) is 36.3 Å². The lowest BCUT2D eigenvalue weighted by atomic mass is 10.3. The monoisotopic (exact) mass is 203 g/mol. The highest BCUT2D eigenvalue weighted by Crippen LogP contribution is 2.11. The first-order chi connectivity index (χ1) is 7.31. The molecule has 0 aromatic carbocycles. The molecule has 0 saturated heterocycles. The first kappa shape index (κ1) is 9.64. The van der Waals surface area contributed by atoms with Gasteiger partial charge in [0.25, 0.3) is 0 Å². The number of aryl methyl sites for hydroxylation is 1. The van der Waals surface area contributed by atoms with Gasteiger partial charge in [0.15, 0.2) is 0 Å². The van der Waals surface area contributed by atoms with E-state index in [9.17, 15) is 0 Å². The molecule has 0 aliphatic rings. The molecule has 0 saturated carbocycles. The lowest BCUT2D eigenvalue weighted by molar-refractivity contribution is 0.809. The van der Waals surface area contributed by atoms with Gasteiger partial charge in [-0.1, -0.05) is 0 Å². The molecule has 0 unspecified atom stereocenters. The van der Waals surface area contributed by atoms with Crippen molar-refractivity contribution in [1.29, 1.82) is 0 Å². The van der Waals surface area contributed by atoms with Crippen LogP contribution in [0.15, 0.2) is 24.8 Å². The summed E-state index contributed by atoms with van der Waals surface area (Å²) in [7, 11) is 3.81. The van der Waals surface area contributed by atoms with Crippen LogP contribution in [0, 0.1) is 0 Å². The molecule has 2 aromatic rings. The van der Waals surface area contributed by atoms with Crippen molar-refractivity contribution in [3.8, 4) is 0 Å². The molecule has 0 atom stereocenters. The molecule has 2 rings (SSSR count). The number of hydrogen-bond donors (Lipinski definition) is 1. The summed E-state index contributed by atoms with van der Waals surface area (Å²) in [6.07, 6.45) is 7.76. The van der Waals surface area contributed by atoms with E-state index >= 15 is 0 Å². The van der Waals surface area contributed by atoms with Crippen LogP contribution in [-0.4, -0.2) is 26.6 Å². The Bertz CT molecular complexity index is 449. The van der Waals surface area contributed by atoms with Crippen molar-refractivity contribution < 1.29 is 0 Å². The normalized spacial score (nSPS) is 10.3. The summed E-state index contributed by atoms with van der Waals surface area (Å²) in [5.74, 6) is 1.78. The van der Waals surface area contributed by atoms with Crippen molar-refractivity contribution >= 4 is 5.82 Å². The number of nitrogens with one attached hydrogen (secondary N) is 1. The minimum Gasteiger partial charge on any atom is -0.372 e. The Balaban J connectivity index is 2.28. The highest BCUT2D eigenvalue weighted by atomic mass is 15.0. The van der Waals surface area contributed by atoms with E-state index in [-0.39, 0.29) is 0 Å². The van der Waals surface area contributed by atoms with Crippen LogP contribution in [0.1, 0.15) is 11.5 Å². The smallest absolute Gasteiger partial charge is 0.147 e. The second kappa shape index (κ2) is 4.08. The van der Waals surface area contributed by atoms with E-state index in [0.29, 0.717) is 6.42 Å². The Morgan fingerprint density at radius 1 is 1.20 bits per heavy atom. The SMILES string of the molecule is CNc1nccnc1Cc1nccn1C. The standard InChI is InChI=1S/C10H13N5/c1-11-10-8(12-3-4-14-10)7-9-13-5-6-15(9)2/h3-6H,7H2,1-2H3,(H,11,14). The van der Waals surface area contributed by atoms with Crippen molar-refractivity contribution in [2.75, 3.05) is 12.4 Å².